The van der Waals surface area contributed by atoms with E-state index in [0.717, 1.165) is 6.42 Å². The third-order valence-electron chi connectivity index (χ3n) is 3.95. The Morgan fingerprint density at radius 1 is 1.26 bits per heavy atom. The molecule has 0 heterocycles. The van der Waals surface area contributed by atoms with Crippen LogP contribution in [0.1, 0.15) is 32.6 Å². The van der Waals surface area contributed by atoms with Crippen LogP contribution in [0.2, 0.25) is 0 Å². The van der Waals surface area contributed by atoms with E-state index in [1.165, 1.54) is 19.3 Å². The van der Waals surface area contributed by atoms with E-state index in [4.69, 9.17) is 0 Å². The zero-order valence-electron chi connectivity index (χ0n) is 11.1. The third-order valence-corrected chi connectivity index (χ3v) is 6.39. The summed E-state index contributed by atoms with van der Waals surface area (Å²) in [6, 6.07) is 6.92. The minimum atomic E-state index is -3.41. The van der Waals surface area contributed by atoms with Crippen molar-refractivity contribution in [2.24, 2.45) is 11.8 Å². The highest BCUT2D eigenvalue weighted by Crippen LogP contribution is 2.29. The van der Waals surface area contributed by atoms with Crippen molar-refractivity contribution in [1.29, 1.82) is 0 Å². The Kier molecular flexibility index (Phi) is 5.03. The number of hydrogen-bond acceptors (Lipinski definition) is 2. The molecule has 1 saturated carbocycles. The van der Waals surface area contributed by atoms with Gasteiger partial charge >= 0.3 is 0 Å². The molecule has 0 aliphatic heterocycles. The summed E-state index contributed by atoms with van der Waals surface area (Å²) in [6.45, 7) is 2.77. The van der Waals surface area contributed by atoms with Crippen LogP contribution in [0.15, 0.2) is 33.6 Å². The van der Waals surface area contributed by atoms with Gasteiger partial charge in [0, 0.05) is 11.0 Å². The van der Waals surface area contributed by atoms with Crippen LogP contribution in [0, 0.1) is 11.8 Å². The molecule has 106 valence electrons. The fourth-order valence-corrected chi connectivity index (χ4v) is 4.75. The molecule has 1 aliphatic carbocycles. The monoisotopic (exact) mass is 345 g/mol. The van der Waals surface area contributed by atoms with E-state index in [1.807, 2.05) is 6.07 Å². The van der Waals surface area contributed by atoms with Crippen molar-refractivity contribution in [3.05, 3.63) is 28.7 Å². The summed E-state index contributed by atoms with van der Waals surface area (Å²) in [5.74, 6) is 1.07. The summed E-state index contributed by atoms with van der Waals surface area (Å²) < 4.78 is 27.9. The number of rotatable bonds is 4. The summed E-state index contributed by atoms with van der Waals surface area (Å²) in [6.07, 6.45) is 4.82. The SMILES string of the molecule is CC1CCCCC1CNS(=O)(=O)c1ccccc1Br. The van der Waals surface area contributed by atoms with Gasteiger partial charge in [-0.05, 0) is 46.3 Å². The summed E-state index contributed by atoms with van der Waals surface area (Å²) in [5, 5.41) is 0. The molecule has 0 saturated heterocycles. The van der Waals surface area contributed by atoms with Crippen LogP contribution >= 0.6 is 15.9 Å². The standard InChI is InChI=1S/C14H20BrNO2S/c1-11-6-2-3-7-12(11)10-16-19(17,18)14-9-5-4-8-13(14)15/h4-5,8-9,11-12,16H,2-3,6-7,10H2,1H3. The first-order valence-corrected chi connectivity index (χ1v) is 9.02. The first-order chi connectivity index (χ1) is 9.00. The van der Waals surface area contributed by atoms with E-state index in [1.54, 1.807) is 18.2 Å². The maximum absolute atomic E-state index is 12.3. The van der Waals surface area contributed by atoms with Crippen LogP contribution in [0.4, 0.5) is 0 Å². The number of halogens is 1. The fourth-order valence-electron chi connectivity index (χ4n) is 2.65. The van der Waals surface area contributed by atoms with Crippen LogP contribution in [-0.2, 0) is 10.0 Å². The summed E-state index contributed by atoms with van der Waals surface area (Å²) in [4.78, 5) is 0.318. The lowest BCUT2D eigenvalue weighted by atomic mass is 9.81. The van der Waals surface area contributed by atoms with E-state index < -0.39 is 10.0 Å². The minimum Gasteiger partial charge on any atom is -0.211 e. The van der Waals surface area contributed by atoms with Crippen molar-refractivity contribution in [3.8, 4) is 0 Å². The lowest BCUT2D eigenvalue weighted by Crippen LogP contribution is -2.33. The van der Waals surface area contributed by atoms with Crippen molar-refractivity contribution in [1.82, 2.24) is 4.72 Å². The molecule has 0 aromatic heterocycles. The smallest absolute Gasteiger partial charge is 0.211 e. The molecule has 2 rings (SSSR count). The van der Waals surface area contributed by atoms with Crippen molar-refractivity contribution in [3.63, 3.8) is 0 Å². The highest BCUT2D eigenvalue weighted by atomic mass is 79.9. The van der Waals surface area contributed by atoms with Gasteiger partial charge < -0.3 is 0 Å². The first-order valence-electron chi connectivity index (χ1n) is 6.75. The average Bonchev–Trinajstić information content (AvgIpc) is 2.38. The molecule has 1 N–H and O–H groups in total. The molecule has 0 amide bonds. The van der Waals surface area contributed by atoms with Gasteiger partial charge in [0.2, 0.25) is 10.0 Å². The Morgan fingerprint density at radius 2 is 1.95 bits per heavy atom. The van der Waals surface area contributed by atoms with Crippen molar-refractivity contribution in [2.75, 3.05) is 6.54 Å². The lowest BCUT2D eigenvalue weighted by molar-refractivity contribution is 0.257. The Bertz CT molecular complexity index is 530. The maximum Gasteiger partial charge on any atom is 0.241 e. The minimum absolute atomic E-state index is 0.318. The Balaban J connectivity index is 2.04. The van der Waals surface area contributed by atoms with Crippen LogP contribution in [0.3, 0.4) is 0 Å². The molecule has 0 spiro atoms. The molecule has 1 aliphatic rings. The van der Waals surface area contributed by atoms with E-state index >= 15 is 0 Å². The molecule has 2 unspecified atom stereocenters. The van der Waals surface area contributed by atoms with Gasteiger partial charge in [-0.3, -0.25) is 0 Å². The summed E-state index contributed by atoms with van der Waals surface area (Å²) in [7, 11) is -3.41. The predicted octanol–water partition coefficient (Wildman–Crippen LogP) is 3.55. The molecule has 1 aromatic carbocycles. The van der Waals surface area contributed by atoms with Crippen molar-refractivity contribution in [2.45, 2.75) is 37.5 Å². The Labute approximate surface area is 124 Å². The van der Waals surface area contributed by atoms with Crippen LogP contribution < -0.4 is 4.72 Å². The molecular formula is C14H20BrNO2S. The third kappa shape index (κ3) is 3.80. The molecule has 5 heteroatoms. The lowest BCUT2D eigenvalue weighted by Gasteiger charge is -2.28. The second-order valence-electron chi connectivity index (χ2n) is 5.30. The molecule has 3 nitrogen and oxygen atoms in total. The van der Waals surface area contributed by atoms with Gasteiger partial charge in [-0.15, -0.1) is 0 Å². The largest absolute Gasteiger partial charge is 0.241 e. The van der Waals surface area contributed by atoms with E-state index in [0.29, 0.717) is 27.7 Å². The Morgan fingerprint density at radius 3 is 2.63 bits per heavy atom. The van der Waals surface area contributed by atoms with Crippen LogP contribution in [0.5, 0.6) is 0 Å². The van der Waals surface area contributed by atoms with Gasteiger partial charge in [-0.1, -0.05) is 38.3 Å². The van der Waals surface area contributed by atoms with Gasteiger partial charge in [-0.2, -0.15) is 0 Å². The average molecular weight is 346 g/mol. The fraction of sp³-hybridized carbons (Fsp3) is 0.571. The topological polar surface area (TPSA) is 46.2 Å². The van der Waals surface area contributed by atoms with Crippen molar-refractivity contribution < 1.29 is 8.42 Å². The number of nitrogens with one attached hydrogen (secondary N) is 1. The second kappa shape index (κ2) is 6.37. The zero-order chi connectivity index (χ0) is 13.9. The number of hydrogen-bond donors (Lipinski definition) is 1. The van der Waals surface area contributed by atoms with E-state index in [2.05, 4.69) is 27.6 Å². The zero-order valence-corrected chi connectivity index (χ0v) is 13.5. The van der Waals surface area contributed by atoms with E-state index in [-0.39, 0.29) is 0 Å². The quantitative estimate of drug-likeness (QED) is 0.906. The molecule has 1 fully saturated rings. The van der Waals surface area contributed by atoms with Gasteiger partial charge in [0.25, 0.3) is 0 Å². The Hall–Kier alpha value is -0.390. The highest BCUT2D eigenvalue weighted by Gasteiger charge is 2.24. The summed E-state index contributed by atoms with van der Waals surface area (Å²) in [5.41, 5.74) is 0. The van der Waals surface area contributed by atoms with Gasteiger partial charge in [0.15, 0.2) is 0 Å². The second-order valence-corrected chi connectivity index (χ2v) is 7.89. The van der Waals surface area contributed by atoms with Crippen LogP contribution in [-0.4, -0.2) is 15.0 Å². The molecule has 0 bridgehead atoms. The molecule has 19 heavy (non-hydrogen) atoms. The number of benzene rings is 1. The van der Waals surface area contributed by atoms with Crippen LogP contribution in [0.25, 0.3) is 0 Å². The van der Waals surface area contributed by atoms with Gasteiger partial charge in [0.05, 0.1) is 4.90 Å². The maximum atomic E-state index is 12.3. The number of sulfonamides is 1. The van der Waals surface area contributed by atoms with Gasteiger partial charge in [-0.25, -0.2) is 13.1 Å². The normalized spacial score (nSPS) is 24.3. The van der Waals surface area contributed by atoms with Gasteiger partial charge in [0.1, 0.15) is 0 Å². The highest BCUT2D eigenvalue weighted by molar-refractivity contribution is 9.10. The summed E-state index contributed by atoms with van der Waals surface area (Å²) >= 11 is 3.29. The molecule has 1 aromatic rings. The predicted molar refractivity (Wildman–Crippen MR) is 80.5 cm³/mol. The molecule has 0 radical (unpaired) electrons. The van der Waals surface area contributed by atoms with E-state index in [9.17, 15) is 8.42 Å². The van der Waals surface area contributed by atoms with Crippen molar-refractivity contribution >= 4 is 26.0 Å². The first kappa shape index (κ1) is 15.0. The molecular weight excluding hydrogens is 326 g/mol. The molecule has 2 atom stereocenters.